The summed E-state index contributed by atoms with van der Waals surface area (Å²) in [5.74, 6) is -0.815. The summed E-state index contributed by atoms with van der Waals surface area (Å²) in [6, 6.07) is 13.1. The highest BCUT2D eigenvalue weighted by atomic mass is 35.5. The molecule has 0 unspecified atom stereocenters. The summed E-state index contributed by atoms with van der Waals surface area (Å²) in [6.45, 7) is 0.107. The van der Waals surface area contributed by atoms with E-state index in [-0.39, 0.29) is 30.0 Å². The van der Waals surface area contributed by atoms with Crippen molar-refractivity contribution in [3.05, 3.63) is 75.9 Å². The molecular formula is C20H16Cl2F3N5O. The van der Waals surface area contributed by atoms with Crippen LogP contribution in [0.1, 0.15) is 15.9 Å². The van der Waals surface area contributed by atoms with Gasteiger partial charge in [0.1, 0.15) is 11.4 Å². The minimum atomic E-state index is -4.66. The number of alkyl halides is 3. The number of amides is 1. The number of hydrogen-bond acceptors (Lipinski definition) is 5. The molecule has 0 aliphatic heterocycles. The number of carbonyl (C=O) groups is 1. The molecule has 0 radical (unpaired) electrons. The molecule has 0 aliphatic rings. The van der Waals surface area contributed by atoms with Gasteiger partial charge in [0, 0.05) is 30.5 Å². The van der Waals surface area contributed by atoms with Gasteiger partial charge in [0.2, 0.25) is 5.95 Å². The zero-order valence-electron chi connectivity index (χ0n) is 15.8. The average molecular weight is 470 g/mol. The van der Waals surface area contributed by atoms with Crippen LogP contribution in [0.3, 0.4) is 0 Å². The molecule has 31 heavy (non-hydrogen) atoms. The first kappa shape index (κ1) is 22.6. The van der Waals surface area contributed by atoms with Crippen molar-refractivity contribution >= 4 is 46.6 Å². The van der Waals surface area contributed by atoms with Crippen molar-refractivity contribution in [2.75, 3.05) is 23.7 Å². The largest absolute Gasteiger partial charge is 0.421 e. The number of benzene rings is 2. The molecule has 0 saturated heterocycles. The maximum atomic E-state index is 13.3. The summed E-state index contributed by atoms with van der Waals surface area (Å²) in [4.78, 5) is 19.7. The Labute approximate surface area is 185 Å². The molecule has 1 aromatic heterocycles. The summed E-state index contributed by atoms with van der Waals surface area (Å²) in [5, 5.41) is 8.61. The number of hydrogen-bond donors (Lipinski definition) is 3. The number of aromatic nitrogens is 2. The lowest BCUT2D eigenvalue weighted by Gasteiger charge is -2.15. The van der Waals surface area contributed by atoms with Crippen molar-refractivity contribution in [1.82, 2.24) is 15.3 Å². The fourth-order valence-corrected chi connectivity index (χ4v) is 2.83. The van der Waals surface area contributed by atoms with E-state index < -0.39 is 17.6 Å². The van der Waals surface area contributed by atoms with E-state index in [4.69, 9.17) is 23.2 Å². The number of halogens is 5. The number of nitrogens with one attached hydrogen (secondary N) is 3. The van der Waals surface area contributed by atoms with Crippen molar-refractivity contribution in [2.45, 2.75) is 6.18 Å². The Morgan fingerprint density at radius 2 is 1.74 bits per heavy atom. The molecule has 0 bridgehead atoms. The number of carbonyl (C=O) groups excluding carboxylic acids is 1. The Kier molecular flexibility index (Phi) is 7.19. The smallest absolute Gasteiger partial charge is 0.368 e. The molecule has 1 amide bonds. The zero-order chi connectivity index (χ0) is 22.4. The fraction of sp³-hybridized carbons (Fsp3) is 0.150. The highest BCUT2D eigenvalue weighted by Gasteiger charge is 2.35. The van der Waals surface area contributed by atoms with Gasteiger partial charge in [0.15, 0.2) is 0 Å². The molecule has 11 heteroatoms. The lowest BCUT2D eigenvalue weighted by molar-refractivity contribution is -0.137. The van der Waals surface area contributed by atoms with Gasteiger partial charge in [-0.3, -0.25) is 4.79 Å². The Balaban J connectivity index is 1.68. The van der Waals surface area contributed by atoms with E-state index in [1.54, 1.807) is 36.4 Å². The second kappa shape index (κ2) is 9.84. The zero-order valence-corrected chi connectivity index (χ0v) is 17.3. The van der Waals surface area contributed by atoms with Crippen LogP contribution < -0.4 is 16.0 Å². The molecule has 6 nitrogen and oxygen atoms in total. The van der Waals surface area contributed by atoms with Gasteiger partial charge in [-0.15, -0.1) is 0 Å². The normalized spacial score (nSPS) is 11.1. The first-order chi connectivity index (χ1) is 14.7. The molecule has 162 valence electrons. The molecule has 1 heterocycles. The van der Waals surface area contributed by atoms with Gasteiger partial charge in [-0.2, -0.15) is 18.2 Å². The van der Waals surface area contributed by atoms with Gasteiger partial charge in [-0.25, -0.2) is 4.98 Å². The van der Waals surface area contributed by atoms with Gasteiger partial charge in [0.25, 0.3) is 5.91 Å². The third-order valence-electron chi connectivity index (χ3n) is 4.01. The molecule has 0 aliphatic carbocycles. The third-order valence-corrected chi connectivity index (χ3v) is 4.75. The topological polar surface area (TPSA) is 78.9 Å². The van der Waals surface area contributed by atoms with E-state index in [2.05, 4.69) is 25.9 Å². The van der Waals surface area contributed by atoms with Crippen molar-refractivity contribution in [1.29, 1.82) is 0 Å². The van der Waals surface area contributed by atoms with Crippen LogP contribution in [0.15, 0.2) is 54.7 Å². The van der Waals surface area contributed by atoms with Gasteiger partial charge in [-0.1, -0.05) is 41.4 Å². The van der Waals surface area contributed by atoms with Crippen LogP contribution in [0.25, 0.3) is 0 Å². The molecule has 2 aromatic carbocycles. The summed E-state index contributed by atoms with van der Waals surface area (Å²) < 4.78 is 40.0. The summed E-state index contributed by atoms with van der Waals surface area (Å²) in [7, 11) is 0. The summed E-state index contributed by atoms with van der Waals surface area (Å²) in [6.07, 6.45) is -3.98. The molecule has 3 rings (SSSR count). The van der Waals surface area contributed by atoms with E-state index in [9.17, 15) is 18.0 Å². The quantitative estimate of drug-likeness (QED) is 0.404. The Hall–Kier alpha value is -3.04. The molecule has 0 fully saturated rings. The highest BCUT2D eigenvalue weighted by Crippen LogP contribution is 2.34. The fourth-order valence-electron chi connectivity index (χ4n) is 2.54. The van der Waals surface area contributed by atoms with Crippen LogP contribution in [-0.4, -0.2) is 29.0 Å². The predicted molar refractivity (Wildman–Crippen MR) is 114 cm³/mol. The van der Waals surface area contributed by atoms with E-state index in [1.807, 2.05) is 0 Å². The Bertz CT molecular complexity index is 1060. The Morgan fingerprint density at radius 1 is 1.00 bits per heavy atom. The van der Waals surface area contributed by atoms with Crippen molar-refractivity contribution < 1.29 is 18.0 Å². The van der Waals surface area contributed by atoms with Crippen LogP contribution in [0.4, 0.5) is 30.6 Å². The molecule has 0 saturated carbocycles. The van der Waals surface area contributed by atoms with Gasteiger partial charge >= 0.3 is 6.18 Å². The van der Waals surface area contributed by atoms with Gasteiger partial charge in [0.05, 0.1) is 10.0 Å². The van der Waals surface area contributed by atoms with Gasteiger partial charge < -0.3 is 16.0 Å². The van der Waals surface area contributed by atoms with Crippen LogP contribution in [0.2, 0.25) is 10.0 Å². The van der Waals surface area contributed by atoms with Gasteiger partial charge in [-0.05, 0) is 30.3 Å². The number of nitrogens with zero attached hydrogens (tertiary/aromatic N) is 2. The van der Waals surface area contributed by atoms with Crippen LogP contribution >= 0.6 is 23.2 Å². The summed E-state index contributed by atoms with van der Waals surface area (Å²) in [5.41, 5.74) is -0.120. The average Bonchev–Trinajstić information content (AvgIpc) is 2.73. The van der Waals surface area contributed by atoms with Crippen molar-refractivity contribution in [3.8, 4) is 0 Å². The maximum absolute atomic E-state index is 13.3. The molecule has 3 aromatic rings. The van der Waals surface area contributed by atoms with Crippen molar-refractivity contribution in [3.63, 3.8) is 0 Å². The molecule has 0 atom stereocenters. The number of rotatable bonds is 7. The van der Waals surface area contributed by atoms with E-state index in [0.717, 1.165) is 0 Å². The molecule has 3 N–H and O–H groups in total. The van der Waals surface area contributed by atoms with Crippen LogP contribution in [0.5, 0.6) is 0 Å². The van der Waals surface area contributed by atoms with Crippen LogP contribution in [0, 0.1) is 0 Å². The Morgan fingerprint density at radius 3 is 2.42 bits per heavy atom. The molecular weight excluding hydrogens is 454 g/mol. The van der Waals surface area contributed by atoms with E-state index >= 15 is 0 Å². The standard InChI is InChI=1S/C20H16Cl2F3N5O/c21-15-7-6-13(10-16(15)22)29-19-28-11-14(20(23,24)25)17(30-19)26-8-9-27-18(31)12-4-2-1-3-5-12/h1-7,10-11H,8-9H2,(H,27,31)(H2,26,28,29,30). The lowest BCUT2D eigenvalue weighted by atomic mass is 10.2. The van der Waals surface area contributed by atoms with E-state index in [1.165, 1.54) is 12.1 Å². The van der Waals surface area contributed by atoms with Crippen molar-refractivity contribution in [2.24, 2.45) is 0 Å². The maximum Gasteiger partial charge on any atom is 0.421 e. The highest BCUT2D eigenvalue weighted by molar-refractivity contribution is 6.42. The minimum Gasteiger partial charge on any atom is -0.368 e. The number of anilines is 3. The predicted octanol–water partition coefficient (Wildman–Crippen LogP) is 5.39. The second-order valence-electron chi connectivity index (χ2n) is 6.26. The third kappa shape index (κ3) is 6.22. The van der Waals surface area contributed by atoms with Crippen LogP contribution in [-0.2, 0) is 6.18 Å². The first-order valence-corrected chi connectivity index (χ1v) is 9.73. The van der Waals surface area contributed by atoms with E-state index in [0.29, 0.717) is 22.5 Å². The first-order valence-electron chi connectivity index (χ1n) is 8.97. The lowest BCUT2D eigenvalue weighted by Crippen LogP contribution is -2.29. The molecule has 0 spiro atoms. The SMILES string of the molecule is O=C(NCCNc1nc(Nc2ccc(Cl)c(Cl)c2)ncc1C(F)(F)F)c1ccccc1. The summed E-state index contributed by atoms with van der Waals surface area (Å²) >= 11 is 11.8. The second-order valence-corrected chi connectivity index (χ2v) is 7.07. The monoisotopic (exact) mass is 469 g/mol. The minimum absolute atomic E-state index is 0.0187.